The molecule has 0 atom stereocenters. The molecule has 1 heterocycles. The zero-order valence-electron chi connectivity index (χ0n) is 12.2. The molecule has 0 aliphatic carbocycles. The molecule has 108 valence electrons. The third kappa shape index (κ3) is 3.69. The Bertz CT molecular complexity index is 688. The van der Waals surface area contributed by atoms with Gasteiger partial charge < -0.3 is 10.6 Å². The summed E-state index contributed by atoms with van der Waals surface area (Å²) in [4.78, 5) is 16.0. The van der Waals surface area contributed by atoms with Crippen LogP contribution < -0.4 is 10.6 Å². The first-order chi connectivity index (χ1) is 10.1. The lowest BCUT2D eigenvalue weighted by Gasteiger charge is -2.12. The number of hydrogen-bond donors (Lipinski definition) is 2. The van der Waals surface area contributed by atoms with E-state index in [1.807, 2.05) is 38.1 Å². The Labute approximate surface area is 124 Å². The quantitative estimate of drug-likeness (QED) is 0.882. The van der Waals surface area contributed by atoms with Crippen molar-refractivity contribution in [1.29, 1.82) is 5.26 Å². The van der Waals surface area contributed by atoms with Crippen molar-refractivity contribution >= 4 is 22.5 Å². The standard InChI is InChI=1S/C16H18N4O/c1-11(2)8-19-15(21)10-20-16-12(7-17)9-18-14-6-4-3-5-13(14)16/h3-6,9,11H,8,10H2,1-2H3,(H,18,20)(H,19,21). The number of anilines is 1. The van der Waals surface area contributed by atoms with Gasteiger partial charge in [-0.1, -0.05) is 32.0 Å². The summed E-state index contributed by atoms with van der Waals surface area (Å²) in [6, 6.07) is 9.64. The van der Waals surface area contributed by atoms with E-state index in [1.165, 1.54) is 6.20 Å². The summed E-state index contributed by atoms with van der Waals surface area (Å²) < 4.78 is 0. The Morgan fingerprint density at radius 3 is 2.86 bits per heavy atom. The van der Waals surface area contributed by atoms with Crippen LogP contribution in [0.4, 0.5) is 5.69 Å². The van der Waals surface area contributed by atoms with E-state index < -0.39 is 0 Å². The van der Waals surface area contributed by atoms with Crippen molar-refractivity contribution < 1.29 is 4.79 Å². The van der Waals surface area contributed by atoms with E-state index in [0.29, 0.717) is 23.7 Å². The molecule has 2 N–H and O–H groups in total. The number of rotatable bonds is 5. The highest BCUT2D eigenvalue weighted by Crippen LogP contribution is 2.24. The molecule has 5 nitrogen and oxygen atoms in total. The van der Waals surface area contributed by atoms with E-state index in [9.17, 15) is 10.1 Å². The number of hydrogen-bond acceptors (Lipinski definition) is 4. The molecule has 0 unspecified atom stereocenters. The van der Waals surface area contributed by atoms with Gasteiger partial charge in [0.15, 0.2) is 0 Å². The van der Waals surface area contributed by atoms with E-state index in [2.05, 4.69) is 21.7 Å². The maximum atomic E-state index is 11.8. The molecule has 0 aliphatic rings. The van der Waals surface area contributed by atoms with E-state index >= 15 is 0 Å². The van der Waals surface area contributed by atoms with Gasteiger partial charge in [-0.05, 0) is 12.0 Å². The minimum absolute atomic E-state index is 0.0894. The van der Waals surface area contributed by atoms with Crippen molar-refractivity contribution in [2.75, 3.05) is 18.4 Å². The largest absolute Gasteiger partial charge is 0.374 e. The minimum atomic E-state index is -0.0894. The third-order valence-electron chi connectivity index (χ3n) is 3.03. The number of pyridine rings is 1. The molecule has 0 aliphatic heterocycles. The highest BCUT2D eigenvalue weighted by molar-refractivity contribution is 5.95. The summed E-state index contributed by atoms with van der Waals surface area (Å²) in [7, 11) is 0. The van der Waals surface area contributed by atoms with Gasteiger partial charge in [0.1, 0.15) is 6.07 Å². The number of nitrogens with one attached hydrogen (secondary N) is 2. The van der Waals surface area contributed by atoms with Crippen molar-refractivity contribution in [3.63, 3.8) is 0 Å². The fourth-order valence-electron chi connectivity index (χ4n) is 1.97. The van der Waals surface area contributed by atoms with Crippen LogP contribution in [-0.4, -0.2) is 24.0 Å². The summed E-state index contributed by atoms with van der Waals surface area (Å²) in [6.07, 6.45) is 1.52. The summed E-state index contributed by atoms with van der Waals surface area (Å²) in [6.45, 7) is 4.86. The monoisotopic (exact) mass is 282 g/mol. The molecule has 0 fully saturated rings. The van der Waals surface area contributed by atoms with Gasteiger partial charge in [0.2, 0.25) is 5.91 Å². The summed E-state index contributed by atoms with van der Waals surface area (Å²) >= 11 is 0. The third-order valence-corrected chi connectivity index (χ3v) is 3.03. The fourth-order valence-corrected chi connectivity index (χ4v) is 1.97. The van der Waals surface area contributed by atoms with Crippen LogP contribution in [0.3, 0.4) is 0 Å². The zero-order chi connectivity index (χ0) is 15.2. The first-order valence-corrected chi connectivity index (χ1v) is 6.90. The molecule has 2 aromatic rings. The number of aromatic nitrogens is 1. The molecule has 1 aromatic carbocycles. The second-order valence-electron chi connectivity index (χ2n) is 5.23. The molecular weight excluding hydrogens is 264 g/mol. The normalized spacial score (nSPS) is 10.4. The predicted molar refractivity (Wildman–Crippen MR) is 82.8 cm³/mol. The van der Waals surface area contributed by atoms with Crippen LogP contribution >= 0.6 is 0 Å². The van der Waals surface area contributed by atoms with Crippen LogP contribution in [0.15, 0.2) is 30.5 Å². The Balaban J connectivity index is 2.17. The van der Waals surface area contributed by atoms with Gasteiger partial charge in [0.05, 0.1) is 23.3 Å². The number of nitrogens with zero attached hydrogens (tertiary/aromatic N) is 2. The molecule has 0 bridgehead atoms. The lowest BCUT2D eigenvalue weighted by Crippen LogP contribution is -2.32. The minimum Gasteiger partial charge on any atom is -0.374 e. The van der Waals surface area contributed by atoms with Crippen LogP contribution in [0.25, 0.3) is 10.9 Å². The first-order valence-electron chi connectivity index (χ1n) is 6.90. The van der Waals surface area contributed by atoms with Gasteiger partial charge in [-0.15, -0.1) is 0 Å². The van der Waals surface area contributed by atoms with Gasteiger partial charge in [-0.3, -0.25) is 9.78 Å². The number of benzene rings is 1. The van der Waals surface area contributed by atoms with E-state index in [0.717, 1.165) is 10.9 Å². The molecular formula is C16H18N4O. The van der Waals surface area contributed by atoms with Crippen molar-refractivity contribution in [3.05, 3.63) is 36.0 Å². The average molecular weight is 282 g/mol. The molecule has 0 spiro atoms. The zero-order valence-corrected chi connectivity index (χ0v) is 12.2. The topological polar surface area (TPSA) is 77.8 Å². The van der Waals surface area contributed by atoms with Crippen molar-refractivity contribution in [2.24, 2.45) is 5.92 Å². The predicted octanol–water partition coefficient (Wildman–Crippen LogP) is 2.29. The van der Waals surface area contributed by atoms with Crippen LogP contribution in [0, 0.1) is 17.2 Å². The lowest BCUT2D eigenvalue weighted by atomic mass is 10.1. The number of para-hydroxylation sites is 1. The smallest absolute Gasteiger partial charge is 0.239 e. The van der Waals surface area contributed by atoms with Crippen LogP contribution in [0.2, 0.25) is 0 Å². The molecule has 0 saturated heterocycles. The first kappa shape index (κ1) is 14.8. The Kier molecular flexibility index (Phi) is 4.72. The number of carbonyl (C=O) groups is 1. The van der Waals surface area contributed by atoms with Crippen LogP contribution in [-0.2, 0) is 4.79 Å². The Morgan fingerprint density at radius 2 is 2.14 bits per heavy atom. The second kappa shape index (κ2) is 6.71. The molecule has 21 heavy (non-hydrogen) atoms. The molecule has 5 heteroatoms. The summed E-state index contributed by atoms with van der Waals surface area (Å²) in [5, 5.41) is 15.9. The fraction of sp³-hybridized carbons (Fsp3) is 0.312. The summed E-state index contributed by atoms with van der Waals surface area (Å²) in [5.74, 6) is 0.318. The van der Waals surface area contributed by atoms with Crippen LogP contribution in [0.5, 0.6) is 0 Å². The number of carbonyl (C=O) groups excluding carboxylic acids is 1. The number of fused-ring (bicyclic) bond motifs is 1. The maximum absolute atomic E-state index is 11.8. The van der Waals surface area contributed by atoms with Crippen molar-refractivity contribution in [1.82, 2.24) is 10.3 Å². The van der Waals surface area contributed by atoms with Crippen molar-refractivity contribution in [2.45, 2.75) is 13.8 Å². The summed E-state index contributed by atoms with van der Waals surface area (Å²) in [5.41, 5.74) is 1.88. The van der Waals surface area contributed by atoms with E-state index in [4.69, 9.17) is 0 Å². The van der Waals surface area contributed by atoms with E-state index in [-0.39, 0.29) is 12.5 Å². The SMILES string of the molecule is CC(C)CNC(=O)CNc1c(C#N)cnc2ccccc12. The highest BCUT2D eigenvalue weighted by atomic mass is 16.1. The average Bonchev–Trinajstić information content (AvgIpc) is 2.50. The van der Waals surface area contributed by atoms with E-state index in [1.54, 1.807) is 0 Å². The second-order valence-corrected chi connectivity index (χ2v) is 5.23. The highest BCUT2D eigenvalue weighted by Gasteiger charge is 2.10. The number of nitriles is 1. The maximum Gasteiger partial charge on any atom is 0.239 e. The van der Waals surface area contributed by atoms with Gasteiger partial charge >= 0.3 is 0 Å². The van der Waals surface area contributed by atoms with Crippen LogP contribution in [0.1, 0.15) is 19.4 Å². The lowest BCUT2D eigenvalue weighted by molar-refractivity contribution is -0.119. The van der Waals surface area contributed by atoms with Gasteiger partial charge in [0.25, 0.3) is 0 Å². The molecule has 0 saturated carbocycles. The van der Waals surface area contributed by atoms with Crippen molar-refractivity contribution in [3.8, 4) is 6.07 Å². The number of amides is 1. The molecule has 1 amide bonds. The van der Waals surface area contributed by atoms with Gasteiger partial charge in [-0.2, -0.15) is 5.26 Å². The molecule has 1 aromatic heterocycles. The molecule has 2 rings (SSSR count). The van der Waals surface area contributed by atoms with Gasteiger partial charge in [0, 0.05) is 18.1 Å². The van der Waals surface area contributed by atoms with Gasteiger partial charge in [-0.25, -0.2) is 0 Å². The molecule has 0 radical (unpaired) electrons. The Hall–Kier alpha value is -2.61. The Morgan fingerprint density at radius 1 is 1.38 bits per heavy atom.